The van der Waals surface area contributed by atoms with Gasteiger partial charge in [0.25, 0.3) is 5.91 Å². The van der Waals surface area contributed by atoms with Crippen molar-refractivity contribution in [2.24, 2.45) is 10.9 Å². The third kappa shape index (κ3) is 5.71. The quantitative estimate of drug-likeness (QED) is 0.303. The second-order valence-electron chi connectivity index (χ2n) is 8.62. The lowest BCUT2D eigenvalue weighted by atomic mass is 9.97. The molecule has 0 aliphatic heterocycles. The van der Waals surface area contributed by atoms with Crippen LogP contribution in [0, 0.1) is 30.3 Å². The average Bonchev–Trinajstić information content (AvgIpc) is 3.30. The molecule has 0 bridgehead atoms. The molecule has 4 aromatic rings. The van der Waals surface area contributed by atoms with Gasteiger partial charge in [-0.3, -0.25) is 14.9 Å². The van der Waals surface area contributed by atoms with Crippen LogP contribution in [0.15, 0.2) is 65.8 Å². The van der Waals surface area contributed by atoms with Crippen LogP contribution >= 0.6 is 0 Å². The summed E-state index contributed by atoms with van der Waals surface area (Å²) in [5, 5.41) is 16.2. The largest absolute Gasteiger partial charge is 0.394 e. The number of aromatic amines is 1. The van der Waals surface area contributed by atoms with E-state index in [9.17, 15) is 14.3 Å². The van der Waals surface area contributed by atoms with Gasteiger partial charge in [0.15, 0.2) is 5.82 Å². The molecule has 1 unspecified atom stereocenters. The average molecular weight is 523 g/mol. The molecule has 38 heavy (non-hydrogen) atoms. The van der Waals surface area contributed by atoms with Crippen LogP contribution < -0.4 is 0 Å². The minimum atomic E-state index is -0.896. The summed E-state index contributed by atoms with van der Waals surface area (Å²) in [5.74, 6) is -3.56. The van der Waals surface area contributed by atoms with Crippen molar-refractivity contribution in [1.29, 1.82) is 0 Å². The minimum absolute atomic E-state index is 0.149. The van der Waals surface area contributed by atoms with Gasteiger partial charge in [-0.1, -0.05) is 12.1 Å². The van der Waals surface area contributed by atoms with Gasteiger partial charge in [-0.2, -0.15) is 5.10 Å². The van der Waals surface area contributed by atoms with E-state index < -0.39 is 35.4 Å². The number of aliphatic imine (C=N–C) groups is 1. The number of pyridine rings is 1. The van der Waals surface area contributed by atoms with Gasteiger partial charge in [-0.25, -0.2) is 18.2 Å². The molecule has 0 fully saturated rings. The Labute approximate surface area is 217 Å². The first-order chi connectivity index (χ1) is 18.3. The van der Waals surface area contributed by atoms with Gasteiger partial charge in [0.2, 0.25) is 0 Å². The predicted molar refractivity (Wildman–Crippen MR) is 136 cm³/mol. The van der Waals surface area contributed by atoms with Crippen LogP contribution in [0.3, 0.4) is 0 Å². The third-order valence-electron chi connectivity index (χ3n) is 6.15. The number of halogens is 3. The number of methoxy groups -OCH3 is 1. The number of carbonyl (C=O) groups is 1. The fourth-order valence-corrected chi connectivity index (χ4v) is 4.05. The number of aliphatic hydroxyl groups excluding tert-OH is 1. The summed E-state index contributed by atoms with van der Waals surface area (Å²) in [4.78, 5) is 21.5. The first-order valence-electron chi connectivity index (χ1n) is 11.7. The number of aromatic nitrogens is 3. The van der Waals surface area contributed by atoms with Crippen LogP contribution in [0.5, 0.6) is 0 Å². The molecule has 2 heterocycles. The molecule has 4 rings (SSSR count). The lowest BCUT2D eigenvalue weighted by Crippen LogP contribution is -2.30. The van der Waals surface area contributed by atoms with Crippen molar-refractivity contribution < 1.29 is 27.8 Å². The smallest absolute Gasteiger partial charge is 0.277 e. The van der Waals surface area contributed by atoms with Gasteiger partial charge in [0.1, 0.15) is 23.0 Å². The number of benzene rings is 2. The highest BCUT2D eigenvalue weighted by Crippen LogP contribution is 2.34. The normalized spacial score (nSPS) is 13.1. The summed E-state index contributed by atoms with van der Waals surface area (Å²) in [6.45, 7) is 1.16. The van der Waals surface area contributed by atoms with Crippen molar-refractivity contribution >= 4 is 12.1 Å². The summed E-state index contributed by atoms with van der Waals surface area (Å²) < 4.78 is 49.5. The van der Waals surface area contributed by atoms with Gasteiger partial charge in [-0.05, 0) is 61.4 Å². The van der Waals surface area contributed by atoms with Crippen molar-refractivity contribution in [2.45, 2.75) is 19.4 Å². The Morgan fingerprint density at radius 2 is 1.87 bits per heavy atom. The van der Waals surface area contributed by atoms with Crippen molar-refractivity contribution in [3.63, 3.8) is 0 Å². The molecule has 0 saturated heterocycles. The Kier molecular flexibility index (Phi) is 8.45. The molecular weight excluding hydrogens is 497 g/mol. The fourth-order valence-electron chi connectivity index (χ4n) is 4.05. The van der Waals surface area contributed by atoms with Crippen molar-refractivity contribution in [2.75, 3.05) is 13.7 Å². The Morgan fingerprint density at radius 3 is 2.53 bits per heavy atom. The van der Waals surface area contributed by atoms with E-state index in [-0.39, 0.29) is 40.2 Å². The number of aryl methyl sites for hydroxylation is 1. The highest BCUT2D eigenvalue weighted by molar-refractivity contribution is 6.04. The molecule has 2 aromatic heterocycles. The summed E-state index contributed by atoms with van der Waals surface area (Å²) in [6.07, 6.45) is 2.60. The molecule has 0 saturated carbocycles. The highest BCUT2D eigenvalue weighted by Gasteiger charge is 2.26. The van der Waals surface area contributed by atoms with Gasteiger partial charge in [0, 0.05) is 36.7 Å². The molecule has 0 spiro atoms. The number of hydrogen-bond donors (Lipinski definition) is 2. The van der Waals surface area contributed by atoms with E-state index in [1.807, 2.05) is 6.07 Å². The summed E-state index contributed by atoms with van der Waals surface area (Å²) in [7, 11) is 1.43. The second kappa shape index (κ2) is 11.9. The topological polar surface area (TPSA) is 100 Å². The van der Waals surface area contributed by atoms with Crippen LogP contribution in [0.2, 0.25) is 0 Å². The molecule has 10 heteroatoms. The van der Waals surface area contributed by atoms with E-state index in [0.717, 1.165) is 12.1 Å². The molecule has 0 aliphatic carbocycles. The van der Waals surface area contributed by atoms with Gasteiger partial charge >= 0.3 is 0 Å². The molecule has 2 atom stereocenters. The number of rotatable bonds is 9. The standard InChI is InChI=1S/C28H25F3N4O3/c1-16-6-11-21(28(37)33-14-18(22(15-36)38-2)13-20-5-3-4-12-32-20)23(24(16)30)27-25(31)26(34-35-27)17-7-9-19(29)10-8-17/h3-12,14,18,22,36H,13,15H2,1-2H3,(H,34,35)/t18?,22-/m1/s1. The monoisotopic (exact) mass is 522 g/mol. The number of nitrogens with zero attached hydrogens (tertiary/aromatic N) is 3. The maximum atomic E-state index is 15.5. The first kappa shape index (κ1) is 26.9. The third-order valence-corrected chi connectivity index (χ3v) is 6.15. The predicted octanol–water partition coefficient (Wildman–Crippen LogP) is 4.94. The van der Waals surface area contributed by atoms with Gasteiger partial charge in [0.05, 0.1) is 23.8 Å². The van der Waals surface area contributed by atoms with Crippen LogP contribution in [-0.2, 0) is 11.2 Å². The zero-order valence-electron chi connectivity index (χ0n) is 20.7. The van der Waals surface area contributed by atoms with Crippen LogP contribution in [0.25, 0.3) is 22.5 Å². The molecule has 196 valence electrons. The van der Waals surface area contributed by atoms with Crippen molar-refractivity contribution in [3.8, 4) is 22.5 Å². The summed E-state index contributed by atoms with van der Waals surface area (Å²) in [5.41, 5.74) is 0.164. The molecular formula is C28H25F3N4O3. The Hall–Kier alpha value is -4.15. The van der Waals surface area contributed by atoms with E-state index in [0.29, 0.717) is 12.1 Å². The van der Waals surface area contributed by atoms with Crippen molar-refractivity contribution in [3.05, 3.63) is 95.1 Å². The number of H-pyrrole nitrogens is 1. The van der Waals surface area contributed by atoms with Crippen molar-refractivity contribution in [1.82, 2.24) is 15.2 Å². The minimum Gasteiger partial charge on any atom is -0.394 e. The zero-order chi connectivity index (χ0) is 27.2. The fraction of sp³-hybridized carbons (Fsp3) is 0.214. The lowest BCUT2D eigenvalue weighted by Gasteiger charge is -2.20. The molecule has 0 aliphatic rings. The van der Waals surface area contributed by atoms with Gasteiger partial charge < -0.3 is 9.84 Å². The van der Waals surface area contributed by atoms with Crippen LogP contribution in [0.4, 0.5) is 13.2 Å². The van der Waals surface area contributed by atoms with E-state index >= 15 is 8.78 Å². The summed E-state index contributed by atoms with van der Waals surface area (Å²) in [6, 6.07) is 13.1. The second-order valence-corrected chi connectivity index (χ2v) is 8.62. The van der Waals surface area contributed by atoms with E-state index in [4.69, 9.17) is 4.74 Å². The number of ether oxygens (including phenoxy) is 1. The van der Waals surface area contributed by atoms with Crippen LogP contribution in [0.1, 0.15) is 21.6 Å². The molecule has 1 amide bonds. The molecule has 2 aromatic carbocycles. The molecule has 2 N–H and O–H groups in total. The van der Waals surface area contributed by atoms with Crippen LogP contribution in [-0.4, -0.2) is 52.2 Å². The maximum Gasteiger partial charge on any atom is 0.277 e. The lowest BCUT2D eigenvalue weighted by molar-refractivity contribution is 0.0271. The van der Waals surface area contributed by atoms with E-state index in [1.54, 1.807) is 18.3 Å². The first-order valence-corrected chi connectivity index (χ1v) is 11.7. The summed E-state index contributed by atoms with van der Waals surface area (Å²) >= 11 is 0. The highest BCUT2D eigenvalue weighted by atomic mass is 19.1. The van der Waals surface area contributed by atoms with E-state index in [2.05, 4.69) is 20.2 Å². The maximum absolute atomic E-state index is 15.5. The Morgan fingerprint density at radius 1 is 1.11 bits per heavy atom. The SMILES string of the molecule is CO[C@H](CO)C(C=NC(=O)c1ccc(C)c(F)c1-c1[nH]nc(-c2ccc(F)cc2)c1F)Cc1ccccn1. The number of carbonyl (C=O) groups excluding carboxylic acids is 1. The van der Waals surface area contributed by atoms with Gasteiger partial charge in [-0.15, -0.1) is 0 Å². The number of aliphatic hydroxyl groups is 1. The number of hydrogen-bond acceptors (Lipinski definition) is 5. The van der Waals surface area contributed by atoms with E-state index in [1.165, 1.54) is 44.5 Å². The molecule has 7 nitrogen and oxygen atoms in total. The number of nitrogens with one attached hydrogen (secondary N) is 1. The zero-order valence-corrected chi connectivity index (χ0v) is 20.7. The molecule has 0 radical (unpaired) electrons. The Bertz CT molecular complexity index is 1440. The Balaban J connectivity index is 1.71. The number of amides is 1.